The SMILES string of the molecule is CCCNCc1nccs1.O=C(O)C(F)(F)F. The third kappa shape index (κ3) is 8.64. The largest absolute Gasteiger partial charge is 0.490 e. The highest BCUT2D eigenvalue weighted by Gasteiger charge is 2.38. The summed E-state index contributed by atoms with van der Waals surface area (Å²) in [7, 11) is 0. The second-order valence-corrected chi connectivity index (χ2v) is 3.88. The molecule has 0 aromatic carbocycles. The minimum absolute atomic E-state index is 0.922. The molecule has 0 amide bonds. The van der Waals surface area contributed by atoms with Gasteiger partial charge < -0.3 is 10.4 Å². The Balaban J connectivity index is 0.000000325. The van der Waals surface area contributed by atoms with Crippen LogP contribution in [0.15, 0.2) is 11.6 Å². The molecule has 1 aromatic rings. The summed E-state index contributed by atoms with van der Waals surface area (Å²) in [5, 5.41) is 13.6. The van der Waals surface area contributed by atoms with Crippen LogP contribution in [-0.2, 0) is 11.3 Å². The fraction of sp³-hybridized carbons (Fsp3) is 0.556. The first-order valence-corrected chi connectivity index (χ1v) is 5.65. The van der Waals surface area contributed by atoms with Crippen molar-refractivity contribution in [2.45, 2.75) is 26.1 Å². The Morgan fingerprint density at radius 1 is 1.59 bits per heavy atom. The van der Waals surface area contributed by atoms with Crippen LogP contribution in [0.5, 0.6) is 0 Å². The van der Waals surface area contributed by atoms with Gasteiger partial charge in [0.2, 0.25) is 0 Å². The molecule has 1 rings (SSSR count). The number of hydrogen-bond donors (Lipinski definition) is 2. The van der Waals surface area contributed by atoms with Crippen molar-refractivity contribution >= 4 is 17.3 Å². The predicted octanol–water partition coefficient (Wildman–Crippen LogP) is 2.28. The molecular formula is C9H13F3N2O2S. The van der Waals surface area contributed by atoms with Gasteiger partial charge in [0, 0.05) is 18.1 Å². The van der Waals surface area contributed by atoms with Gasteiger partial charge in [0.05, 0.1) is 0 Å². The molecule has 0 aliphatic rings. The summed E-state index contributed by atoms with van der Waals surface area (Å²) >= 11 is 1.70. The Labute approximate surface area is 100 Å². The lowest BCUT2D eigenvalue weighted by Crippen LogP contribution is -2.21. The fourth-order valence-electron chi connectivity index (χ4n) is 0.712. The first-order valence-electron chi connectivity index (χ1n) is 4.77. The number of aromatic nitrogens is 1. The molecular weight excluding hydrogens is 257 g/mol. The number of carboxylic acids is 1. The molecule has 0 spiro atoms. The van der Waals surface area contributed by atoms with Gasteiger partial charge in [-0.2, -0.15) is 13.2 Å². The van der Waals surface area contributed by atoms with Crippen molar-refractivity contribution < 1.29 is 23.1 Å². The third-order valence-electron chi connectivity index (χ3n) is 1.43. The Kier molecular flexibility index (Phi) is 7.47. The van der Waals surface area contributed by atoms with Crippen LogP contribution in [0.4, 0.5) is 13.2 Å². The topological polar surface area (TPSA) is 62.2 Å². The number of halogens is 3. The molecule has 8 heteroatoms. The molecule has 1 heterocycles. The van der Waals surface area contributed by atoms with E-state index in [-0.39, 0.29) is 0 Å². The Morgan fingerprint density at radius 3 is 2.53 bits per heavy atom. The molecule has 4 nitrogen and oxygen atoms in total. The molecule has 0 aliphatic heterocycles. The summed E-state index contributed by atoms with van der Waals surface area (Å²) in [6.07, 6.45) is -2.06. The lowest BCUT2D eigenvalue weighted by atomic mass is 10.5. The molecule has 0 bridgehead atoms. The van der Waals surface area contributed by atoms with Crippen molar-refractivity contribution in [2.75, 3.05) is 6.54 Å². The van der Waals surface area contributed by atoms with E-state index in [2.05, 4.69) is 17.2 Å². The summed E-state index contributed by atoms with van der Waals surface area (Å²) < 4.78 is 31.7. The maximum atomic E-state index is 10.6. The Hall–Kier alpha value is -1.15. The van der Waals surface area contributed by atoms with E-state index in [0.29, 0.717) is 0 Å². The van der Waals surface area contributed by atoms with Gasteiger partial charge in [-0.1, -0.05) is 6.92 Å². The number of nitrogens with one attached hydrogen (secondary N) is 1. The number of thiazole rings is 1. The van der Waals surface area contributed by atoms with Crippen LogP contribution in [0, 0.1) is 0 Å². The van der Waals surface area contributed by atoms with E-state index in [1.807, 2.05) is 11.6 Å². The number of rotatable bonds is 4. The highest BCUT2D eigenvalue weighted by atomic mass is 32.1. The smallest absolute Gasteiger partial charge is 0.475 e. The van der Waals surface area contributed by atoms with E-state index in [1.54, 1.807) is 11.3 Å². The number of carboxylic acid groups (broad SMARTS) is 1. The summed E-state index contributed by atoms with van der Waals surface area (Å²) in [6, 6.07) is 0. The van der Waals surface area contributed by atoms with Crippen molar-refractivity contribution in [1.82, 2.24) is 10.3 Å². The molecule has 0 aliphatic carbocycles. The van der Waals surface area contributed by atoms with Crippen molar-refractivity contribution in [2.24, 2.45) is 0 Å². The highest BCUT2D eigenvalue weighted by Crippen LogP contribution is 2.13. The lowest BCUT2D eigenvalue weighted by Gasteiger charge is -1.96. The molecule has 98 valence electrons. The summed E-state index contributed by atoms with van der Waals surface area (Å²) in [4.78, 5) is 13.0. The number of nitrogens with zero attached hydrogens (tertiary/aromatic N) is 1. The Morgan fingerprint density at radius 2 is 2.18 bits per heavy atom. The van der Waals surface area contributed by atoms with E-state index in [4.69, 9.17) is 9.90 Å². The quantitative estimate of drug-likeness (QED) is 0.824. The zero-order valence-corrected chi connectivity index (χ0v) is 9.94. The van der Waals surface area contributed by atoms with E-state index in [1.165, 1.54) is 11.4 Å². The number of aliphatic carboxylic acids is 1. The van der Waals surface area contributed by atoms with E-state index < -0.39 is 12.1 Å². The molecule has 0 saturated carbocycles. The summed E-state index contributed by atoms with van der Waals surface area (Å²) in [6.45, 7) is 4.17. The Bertz CT molecular complexity index is 315. The van der Waals surface area contributed by atoms with E-state index in [0.717, 1.165) is 13.1 Å². The first kappa shape index (κ1) is 15.9. The molecule has 1 aromatic heterocycles. The van der Waals surface area contributed by atoms with Gasteiger partial charge in [-0.05, 0) is 13.0 Å². The van der Waals surface area contributed by atoms with Crippen LogP contribution >= 0.6 is 11.3 Å². The van der Waals surface area contributed by atoms with Crippen LogP contribution in [0.2, 0.25) is 0 Å². The summed E-state index contributed by atoms with van der Waals surface area (Å²) in [5.41, 5.74) is 0. The molecule has 17 heavy (non-hydrogen) atoms. The molecule has 0 radical (unpaired) electrons. The zero-order valence-electron chi connectivity index (χ0n) is 9.12. The van der Waals surface area contributed by atoms with Crippen LogP contribution in [-0.4, -0.2) is 28.8 Å². The van der Waals surface area contributed by atoms with E-state index >= 15 is 0 Å². The predicted molar refractivity (Wildman–Crippen MR) is 57.8 cm³/mol. The number of carbonyl (C=O) groups is 1. The standard InChI is InChI=1S/C7H12N2S.C2HF3O2/c1-2-3-8-6-7-9-4-5-10-7;3-2(4,5)1(6)7/h4-5,8H,2-3,6H2,1H3;(H,6,7). The molecule has 0 unspecified atom stereocenters. The average molecular weight is 270 g/mol. The third-order valence-corrected chi connectivity index (χ3v) is 2.21. The summed E-state index contributed by atoms with van der Waals surface area (Å²) in [5.74, 6) is -2.76. The minimum Gasteiger partial charge on any atom is -0.475 e. The second-order valence-electron chi connectivity index (χ2n) is 2.91. The maximum absolute atomic E-state index is 10.6. The van der Waals surface area contributed by atoms with E-state index in [9.17, 15) is 13.2 Å². The maximum Gasteiger partial charge on any atom is 0.490 e. The number of hydrogen-bond acceptors (Lipinski definition) is 4. The van der Waals surface area contributed by atoms with Crippen LogP contribution in [0.1, 0.15) is 18.4 Å². The van der Waals surface area contributed by atoms with Gasteiger partial charge in [0.1, 0.15) is 5.01 Å². The lowest BCUT2D eigenvalue weighted by molar-refractivity contribution is -0.192. The molecule has 0 fully saturated rings. The van der Waals surface area contributed by atoms with Gasteiger partial charge in [0.25, 0.3) is 0 Å². The number of alkyl halides is 3. The highest BCUT2D eigenvalue weighted by molar-refractivity contribution is 7.09. The second kappa shape index (κ2) is 8.02. The molecule has 0 atom stereocenters. The van der Waals surface area contributed by atoms with Crippen molar-refractivity contribution in [3.8, 4) is 0 Å². The van der Waals surface area contributed by atoms with Gasteiger partial charge in [-0.25, -0.2) is 9.78 Å². The van der Waals surface area contributed by atoms with Crippen LogP contribution in [0.3, 0.4) is 0 Å². The molecule has 0 saturated heterocycles. The van der Waals surface area contributed by atoms with Crippen molar-refractivity contribution in [1.29, 1.82) is 0 Å². The first-order chi connectivity index (χ1) is 7.88. The minimum atomic E-state index is -5.08. The van der Waals surface area contributed by atoms with Crippen LogP contribution in [0.25, 0.3) is 0 Å². The van der Waals surface area contributed by atoms with Gasteiger partial charge in [0.15, 0.2) is 0 Å². The molecule has 2 N–H and O–H groups in total. The fourth-order valence-corrected chi connectivity index (χ4v) is 1.30. The van der Waals surface area contributed by atoms with Gasteiger partial charge in [-0.3, -0.25) is 0 Å². The average Bonchev–Trinajstić information content (AvgIpc) is 2.70. The normalized spacial score (nSPS) is 10.6. The van der Waals surface area contributed by atoms with Crippen molar-refractivity contribution in [3.05, 3.63) is 16.6 Å². The monoisotopic (exact) mass is 270 g/mol. The zero-order chi connectivity index (χ0) is 13.3. The van der Waals surface area contributed by atoms with Gasteiger partial charge >= 0.3 is 12.1 Å². The van der Waals surface area contributed by atoms with Crippen molar-refractivity contribution in [3.63, 3.8) is 0 Å². The van der Waals surface area contributed by atoms with Crippen LogP contribution < -0.4 is 5.32 Å². The van der Waals surface area contributed by atoms with Gasteiger partial charge in [-0.15, -0.1) is 11.3 Å².